The minimum Gasteiger partial charge on any atom is -0.411 e. The molecule has 5 nitrogen and oxygen atoms in total. The van der Waals surface area contributed by atoms with Crippen molar-refractivity contribution in [2.24, 2.45) is 27.4 Å². The molecule has 1 aromatic carbocycles. The zero-order valence-corrected chi connectivity index (χ0v) is 17.7. The van der Waals surface area contributed by atoms with Crippen LogP contribution in [0.5, 0.6) is 0 Å². The molecule has 1 aromatic rings. The minimum absolute atomic E-state index is 0.0370. The van der Waals surface area contributed by atoms with Crippen molar-refractivity contribution >= 4 is 11.9 Å². The van der Waals surface area contributed by atoms with Crippen LogP contribution in [0.15, 0.2) is 28.5 Å². The average Bonchev–Trinajstić information content (AvgIpc) is 2.67. The highest BCUT2D eigenvalue weighted by Gasteiger charge is 2.53. The first kappa shape index (κ1) is 20.8. The third-order valence-corrected chi connectivity index (χ3v) is 6.99. The molecule has 154 valence electrons. The second-order valence-corrected chi connectivity index (χ2v) is 9.25. The number of hydrogen-bond donors (Lipinski definition) is 2. The Morgan fingerprint density at radius 1 is 1.32 bits per heavy atom. The summed E-state index contributed by atoms with van der Waals surface area (Å²) in [5.74, 6) is 0.768. The molecule has 1 saturated carbocycles. The van der Waals surface area contributed by atoms with Crippen LogP contribution < -0.4 is 5.73 Å². The average molecular weight is 386 g/mol. The lowest BCUT2D eigenvalue weighted by Gasteiger charge is -2.54. The predicted molar refractivity (Wildman–Crippen MR) is 114 cm³/mol. The van der Waals surface area contributed by atoms with Crippen molar-refractivity contribution in [3.05, 3.63) is 34.9 Å². The maximum atomic E-state index is 9.80. The molecule has 3 N–H and O–H groups in total. The van der Waals surface area contributed by atoms with Crippen LogP contribution in [0.25, 0.3) is 0 Å². The number of hydrogen-bond acceptors (Lipinski definition) is 5. The molecule has 0 aromatic heterocycles. The van der Waals surface area contributed by atoms with E-state index in [0.717, 1.165) is 43.4 Å². The summed E-state index contributed by atoms with van der Waals surface area (Å²) in [6, 6.07) is 6.73. The second kappa shape index (κ2) is 8.24. The van der Waals surface area contributed by atoms with E-state index in [-0.39, 0.29) is 10.8 Å². The SMILES string of the molecule is CC(C)c1ccc2c(c1)/C(=N\O)C[C@H]1[C@](C)(/C=N/OCCCN)CCC[C@]21C. The van der Waals surface area contributed by atoms with Crippen molar-refractivity contribution in [3.63, 3.8) is 0 Å². The normalized spacial score (nSPS) is 31.2. The lowest BCUT2D eigenvalue weighted by molar-refractivity contribution is 0.0899. The first-order valence-electron chi connectivity index (χ1n) is 10.6. The first-order chi connectivity index (χ1) is 13.4. The highest BCUT2D eigenvalue weighted by Crippen LogP contribution is 2.56. The van der Waals surface area contributed by atoms with Gasteiger partial charge in [0.1, 0.15) is 6.61 Å². The number of nitrogens with zero attached hydrogens (tertiary/aromatic N) is 2. The topological polar surface area (TPSA) is 80.2 Å². The van der Waals surface area contributed by atoms with Gasteiger partial charge in [0.2, 0.25) is 0 Å². The van der Waals surface area contributed by atoms with Gasteiger partial charge in [-0.1, -0.05) is 56.6 Å². The number of oxime groups is 2. The Hall–Kier alpha value is -1.88. The largest absolute Gasteiger partial charge is 0.411 e. The minimum atomic E-state index is -0.0972. The maximum Gasteiger partial charge on any atom is 0.118 e. The van der Waals surface area contributed by atoms with Crippen molar-refractivity contribution < 1.29 is 10.0 Å². The van der Waals surface area contributed by atoms with E-state index in [0.29, 0.717) is 25.0 Å². The van der Waals surface area contributed by atoms with E-state index in [9.17, 15) is 5.21 Å². The summed E-state index contributed by atoms with van der Waals surface area (Å²) in [6.07, 6.45) is 6.91. The molecule has 5 heteroatoms. The quantitative estimate of drug-likeness (QED) is 0.319. The molecule has 0 unspecified atom stereocenters. The van der Waals surface area contributed by atoms with E-state index in [1.54, 1.807) is 0 Å². The van der Waals surface area contributed by atoms with Gasteiger partial charge in [-0.3, -0.25) is 0 Å². The molecule has 0 saturated heterocycles. The van der Waals surface area contributed by atoms with Gasteiger partial charge in [0, 0.05) is 17.2 Å². The summed E-state index contributed by atoms with van der Waals surface area (Å²) < 4.78 is 0. The van der Waals surface area contributed by atoms with Gasteiger partial charge in [-0.2, -0.15) is 0 Å². The smallest absolute Gasteiger partial charge is 0.118 e. The van der Waals surface area contributed by atoms with Gasteiger partial charge < -0.3 is 15.8 Å². The Morgan fingerprint density at radius 3 is 2.79 bits per heavy atom. The van der Waals surface area contributed by atoms with E-state index in [1.165, 1.54) is 11.1 Å². The third-order valence-electron chi connectivity index (χ3n) is 6.99. The van der Waals surface area contributed by atoms with Gasteiger partial charge in [-0.05, 0) is 66.7 Å². The summed E-state index contributed by atoms with van der Waals surface area (Å²) in [6.45, 7) is 10.2. The number of nitrogens with two attached hydrogens (primary N) is 1. The summed E-state index contributed by atoms with van der Waals surface area (Å²) in [5, 5.41) is 17.8. The molecule has 3 atom stereocenters. The third kappa shape index (κ3) is 3.69. The second-order valence-electron chi connectivity index (χ2n) is 9.25. The van der Waals surface area contributed by atoms with Gasteiger partial charge >= 0.3 is 0 Å². The van der Waals surface area contributed by atoms with Crippen molar-refractivity contribution in [2.75, 3.05) is 13.2 Å². The van der Waals surface area contributed by atoms with Crippen LogP contribution in [0, 0.1) is 11.3 Å². The molecule has 0 aliphatic heterocycles. The van der Waals surface area contributed by atoms with E-state index in [4.69, 9.17) is 10.6 Å². The molecule has 0 spiro atoms. The van der Waals surface area contributed by atoms with Crippen molar-refractivity contribution in [3.8, 4) is 0 Å². The fraction of sp³-hybridized carbons (Fsp3) is 0.652. The lowest BCUT2D eigenvalue weighted by atomic mass is 9.50. The van der Waals surface area contributed by atoms with E-state index < -0.39 is 0 Å². The highest BCUT2D eigenvalue weighted by molar-refractivity contribution is 6.03. The summed E-state index contributed by atoms with van der Waals surface area (Å²) >= 11 is 0. The number of fused-ring (bicyclic) bond motifs is 3. The Labute approximate surface area is 169 Å². The molecule has 3 rings (SSSR count). The first-order valence-corrected chi connectivity index (χ1v) is 10.6. The van der Waals surface area contributed by atoms with Crippen LogP contribution in [0.3, 0.4) is 0 Å². The Kier molecular flexibility index (Phi) is 6.13. The Morgan fingerprint density at radius 2 is 2.11 bits per heavy atom. The molecular weight excluding hydrogens is 350 g/mol. The van der Waals surface area contributed by atoms with Gasteiger partial charge in [0.05, 0.1) is 5.71 Å². The van der Waals surface area contributed by atoms with Gasteiger partial charge in [-0.25, -0.2) is 0 Å². The molecular formula is C23H35N3O2. The van der Waals surface area contributed by atoms with Crippen LogP contribution in [-0.4, -0.2) is 30.3 Å². The van der Waals surface area contributed by atoms with Gasteiger partial charge in [-0.15, -0.1) is 0 Å². The van der Waals surface area contributed by atoms with Gasteiger partial charge in [0.15, 0.2) is 0 Å². The molecule has 0 heterocycles. The zero-order chi connectivity index (χ0) is 20.4. The summed E-state index contributed by atoms with van der Waals surface area (Å²) in [7, 11) is 0. The van der Waals surface area contributed by atoms with E-state index in [2.05, 4.69) is 56.2 Å². The molecule has 2 aliphatic rings. The van der Waals surface area contributed by atoms with Crippen LogP contribution in [-0.2, 0) is 10.3 Å². The lowest BCUT2D eigenvalue weighted by Crippen LogP contribution is -2.51. The maximum absolute atomic E-state index is 9.80. The fourth-order valence-electron chi connectivity index (χ4n) is 5.26. The molecule has 0 bridgehead atoms. The van der Waals surface area contributed by atoms with Crippen molar-refractivity contribution in [2.45, 2.75) is 71.1 Å². The van der Waals surface area contributed by atoms with Crippen molar-refractivity contribution in [1.29, 1.82) is 0 Å². The molecule has 2 aliphatic carbocycles. The van der Waals surface area contributed by atoms with Crippen LogP contribution >= 0.6 is 0 Å². The monoisotopic (exact) mass is 385 g/mol. The number of rotatable bonds is 6. The molecule has 1 fully saturated rings. The summed E-state index contributed by atoms with van der Waals surface area (Å²) in [4.78, 5) is 5.43. The summed E-state index contributed by atoms with van der Waals surface area (Å²) in [5.41, 5.74) is 9.97. The van der Waals surface area contributed by atoms with Crippen LogP contribution in [0.2, 0.25) is 0 Å². The molecule has 28 heavy (non-hydrogen) atoms. The van der Waals surface area contributed by atoms with E-state index in [1.807, 2.05) is 6.21 Å². The van der Waals surface area contributed by atoms with Crippen LogP contribution in [0.4, 0.5) is 0 Å². The van der Waals surface area contributed by atoms with E-state index >= 15 is 0 Å². The standard InChI is InChI=1S/C23H35N3O2/c1-16(2)17-7-8-19-18(13-17)20(26-27)14-21-22(3,9-5-10-23(19,21)4)15-25-28-12-6-11-24/h7-8,13,15-16,21,27H,5-6,9-12,14,24H2,1-4H3/b25-15+,26-20-/t21-,22-,23+/m0/s1. The fourth-order valence-corrected chi connectivity index (χ4v) is 5.26. The predicted octanol–water partition coefficient (Wildman–Crippen LogP) is 4.81. The molecule has 0 radical (unpaired) electrons. The van der Waals surface area contributed by atoms with Crippen LogP contribution in [0.1, 0.15) is 82.4 Å². The number of benzene rings is 1. The molecule has 0 amide bonds. The highest BCUT2D eigenvalue weighted by atomic mass is 16.6. The zero-order valence-electron chi connectivity index (χ0n) is 17.7. The Bertz CT molecular complexity index is 758. The van der Waals surface area contributed by atoms with Crippen molar-refractivity contribution in [1.82, 2.24) is 0 Å². The Balaban J connectivity index is 1.98. The van der Waals surface area contributed by atoms with Gasteiger partial charge in [0.25, 0.3) is 0 Å².